The van der Waals surface area contributed by atoms with Crippen LogP contribution in [0.4, 0.5) is 0 Å². The topological polar surface area (TPSA) is 27.7 Å². The molecule has 0 bridgehead atoms. The highest BCUT2D eigenvalue weighted by molar-refractivity contribution is 4.69. The van der Waals surface area contributed by atoms with Gasteiger partial charge in [0.25, 0.3) is 0 Å². The fourth-order valence-corrected chi connectivity index (χ4v) is 1.39. The Bertz CT molecular complexity index is 157. The maximum atomic E-state index is 5.48. The van der Waals surface area contributed by atoms with E-state index in [1.165, 1.54) is 12.5 Å². The van der Waals surface area contributed by atoms with Gasteiger partial charge < -0.3 is 14.2 Å². The summed E-state index contributed by atoms with van der Waals surface area (Å²) in [6.07, 6.45) is 6.61. The van der Waals surface area contributed by atoms with Crippen LogP contribution in [0.5, 0.6) is 0 Å². The fourth-order valence-electron chi connectivity index (χ4n) is 1.39. The van der Waals surface area contributed by atoms with Gasteiger partial charge in [-0.3, -0.25) is 0 Å². The highest BCUT2D eigenvalue weighted by Crippen LogP contribution is 2.27. The largest absolute Gasteiger partial charge is 0.439 e. The van der Waals surface area contributed by atoms with Crippen molar-refractivity contribution in [3.63, 3.8) is 0 Å². The average Bonchev–Trinajstić information content (AvgIpc) is 2.32. The van der Waals surface area contributed by atoms with E-state index in [-0.39, 0.29) is 0 Å². The molecule has 3 nitrogen and oxygen atoms in total. The first-order valence-electron chi connectivity index (χ1n) is 4.54. The van der Waals surface area contributed by atoms with Gasteiger partial charge in [0.15, 0.2) is 0 Å². The van der Waals surface area contributed by atoms with Crippen molar-refractivity contribution in [1.29, 1.82) is 0 Å². The Labute approximate surface area is 79.0 Å². The van der Waals surface area contributed by atoms with Gasteiger partial charge in [0.1, 0.15) is 0 Å². The molecule has 1 rings (SSSR count). The van der Waals surface area contributed by atoms with Crippen molar-refractivity contribution in [2.75, 3.05) is 6.61 Å². The van der Waals surface area contributed by atoms with Crippen LogP contribution in [0.25, 0.3) is 0 Å². The summed E-state index contributed by atoms with van der Waals surface area (Å²) in [5, 5.41) is 0. The quantitative estimate of drug-likeness (QED) is 0.496. The fraction of sp³-hybridized carbons (Fsp3) is 0.600. The van der Waals surface area contributed by atoms with Crippen LogP contribution >= 0.6 is 0 Å². The molecule has 0 aromatic heterocycles. The van der Waals surface area contributed by atoms with E-state index in [2.05, 4.69) is 13.2 Å². The summed E-state index contributed by atoms with van der Waals surface area (Å²) in [6.45, 7) is 7.65. The van der Waals surface area contributed by atoms with Gasteiger partial charge in [-0.2, -0.15) is 0 Å². The minimum absolute atomic E-state index is 0.654. The standard InChI is InChI=1S/C10H16O3/c1-3-11-10(12-4-2)8-6-5-7-9-13-10/h3-4H,1-2,5-9H2. The molecule has 0 N–H and O–H groups in total. The monoisotopic (exact) mass is 184 g/mol. The third-order valence-corrected chi connectivity index (χ3v) is 1.98. The van der Waals surface area contributed by atoms with E-state index in [0.29, 0.717) is 13.0 Å². The Morgan fingerprint density at radius 3 is 2.38 bits per heavy atom. The van der Waals surface area contributed by atoms with E-state index < -0.39 is 5.97 Å². The molecule has 0 aliphatic carbocycles. The molecule has 1 saturated heterocycles. The number of hydrogen-bond acceptors (Lipinski definition) is 3. The molecule has 0 amide bonds. The van der Waals surface area contributed by atoms with Crippen LogP contribution in [0.3, 0.4) is 0 Å². The predicted molar refractivity (Wildman–Crippen MR) is 49.7 cm³/mol. The first-order chi connectivity index (χ1) is 6.33. The highest BCUT2D eigenvalue weighted by Gasteiger charge is 2.34. The van der Waals surface area contributed by atoms with E-state index in [9.17, 15) is 0 Å². The lowest BCUT2D eigenvalue weighted by atomic mass is 10.2. The number of rotatable bonds is 4. The Morgan fingerprint density at radius 2 is 1.77 bits per heavy atom. The van der Waals surface area contributed by atoms with Crippen LogP contribution in [0, 0.1) is 0 Å². The van der Waals surface area contributed by atoms with E-state index in [1.807, 2.05) is 0 Å². The van der Waals surface area contributed by atoms with E-state index in [4.69, 9.17) is 14.2 Å². The zero-order chi connectivity index (χ0) is 9.57. The Hall–Kier alpha value is -0.960. The van der Waals surface area contributed by atoms with Gasteiger partial charge in [0.05, 0.1) is 25.6 Å². The predicted octanol–water partition coefficient (Wildman–Crippen LogP) is 2.55. The molecular formula is C10H16O3. The van der Waals surface area contributed by atoms with Crippen molar-refractivity contribution in [3.05, 3.63) is 25.7 Å². The first-order valence-corrected chi connectivity index (χ1v) is 4.54. The molecule has 0 spiro atoms. The maximum absolute atomic E-state index is 5.48. The molecule has 74 valence electrons. The van der Waals surface area contributed by atoms with Gasteiger partial charge in [-0.1, -0.05) is 19.6 Å². The van der Waals surface area contributed by atoms with Crippen LogP contribution in [0.2, 0.25) is 0 Å². The number of hydrogen-bond donors (Lipinski definition) is 0. The highest BCUT2D eigenvalue weighted by atomic mass is 16.9. The second-order valence-corrected chi connectivity index (χ2v) is 2.91. The molecule has 13 heavy (non-hydrogen) atoms. The Kier molecular flexibility index (Phi) is 3.83. The van der Waals surface area contributed by atoms with Crippen molar-refractivity contribution >= 4 is 0 Å². The van der Waals surface area contributed by atoms with Crippen LogP contribution < -0.4 is 0 Å². The lowest BCUT2D eigenvalue weighted by Gasteiger charge is -2.29. The van der Waals surface area contributed by atoms with Gasteiger partial charge >= 0.3 is 5.97 Å². The van der Waals surface area contributed by atoms with Crippen molar-refractivity contribution in [2.45, 2.75) is 31.7 Å². The molecular weight excluding hydrogens is 168 g/mol. The summed E-state index contributed by atoms with van der Waals surface area (Å²) in [7, 11) is 0. The minimum atomic E-state index is -0.972. The van der Waals surface area contributed by atoms with Crippen molar-refractivity contribution in [2.24, 2.45) is 0 Å². The van der Waals surface area contributed by atoms with Crippen molar-refractivity contribution in [1.82, 2.24) is 0 Å². The average molecular weight is 184 g/mol. The normalized spacial score (nSPS) is 21.2. The lowest BCUT2D eigenvalue weighted by molar-refractivity contribution is -0.339. The molecule has 1 fully saturated rings. The Balaban J connectivity index is 2.60. The van der Waals surface area contributed by atoms with Crippen molar-refractivity contribution < 1.29 is 14.2 Å². The van der Waals surface area contributed by atoms with Gasteiger partial charge in [0.2, 0.25) is 0 Å². The summed E-state index contributed by atoms with van der Waals surface area (Å²) in [5.41, 5.74) is 0. The molecule has 1 heterocycles. The maximum Gasteiger partial charge on any atom is 0.370 e. The second-order valence-electron chi connectivity index (χ2n) is 2.91. The third kappa shape index (κ3) is 2.77. The van der Waals surface area contributed by atoms with Crippen LogP contribution in [0.15, 0.2) is 25.7 Å². The molecule has 0 radical (unpaired) electrons. The zero-order valence-electron chi connectivity index (χ0n) is 7.83. The van der Waals surface area contributed by atoms with E-state index in [1.54, 1.807) is 0 Å². The zero-order valence-corrected chi connectivity index (χ0v) is 7.83. The van der Waals surface area contributed by atoms with Gasteiger partial charge in [-0.25, -0.2) is 0 Å². The SMILES string of the molecule is C=COC1(OC=C)CCCCCO1. The molecule has 1 aliphatic rings. The number of ether oxygens (including phenoxy) is 3. The lowest BCUT2D eigenvalue weighted by Crippen LogP contribution is -2.35. The smallest absolute Gasteiger partial charge is 0.370 e. The van der Waals surface area contributed by atoms with Gasteiger partial charge in [-0.15, -0.1) is 0 Å². The summed E-state index contributed by atoms with van der Waals surface area (Å²) in [6, 6.07) is 0. The van der Waals surface area contributed by atoms with E-state index >= 15 is 0 Å². The first kappa shape index (κ1) is 10.1. The minimum Gasteiger partial charge on any atom is -0.439 e. The van der Waals surface area contributed by atoms with Gasteiger partial charge in [0, 0.05) is 0 Å². The molecule has 0 unspecified atom stereocenters. The molecule has 0 aromatic rings. The Morgan fingerprint density at radius 1 is 1.08 bits per heavy atom. The summed E-state index contributed by atoms with van der Waals surface area (Å²) >= 11 is 0. The van der Waals surface area contributed by atoms with E-state index in [0.717, 1.165) is 19.3 Å². The van der Waals surface area contributed by atoms with Crippen LogP contribution in [-0.4, -0.2) is 12.6 Å². The molecule has 0 atom stereocenters. The second kappa shape index (κ2) is 4.92. The summed E-state index contributed by atoms with van der Waals surface area (Å²) < 4.78 is 16.0. The molecule has 3 heteroatoms. The molecule has 1 aliphatic heterocycles. The summed E-state index contributed by atoms with van der Waals surface area (Å²) in [5.74, 6) is -0.972. The van der Waals surface area contributed by atoms with Gasteiger partial charge in [-0.05, 0) is 12.8 Å². The van der Waals surface area contributed by atoms with Crippen LogP contribution in [-0.2, 0) is 14.2 Å². The third-order valence-electron chi connectivity index (χ3n) is 1.98. The van der Waals surface area contributed by atoms with Crippen molar-refractivity contribution in [3.8, 4) is 0 Å². The molecule has 0 saturated carbocycles. The molecule has 0 aromatic carbocycles. The summed E-state index contributed by atoms with van der Waals surface area (Å²) in [4.78, 5) is 0. The van der Waals surface area contributed by atoms with Crippen LogP contribution in [0.1, 0.15) is 25.7 Å².